The van der Waals surface area contributed by atoms with Crippen LogP contribution in [0, 0.1) is 0 Å². The van der Waals surface area contributed by atoms with Crippen molar-refractivity contribution in [3.8, 4) is 0 Å². The minimum Gasteiger partial charge on any atom is -0.353 e. The average Bonchev–Trinajstić information content (AvgIpc) is 2.73. The summed E-state index contributed by atoms with van der Waals surface area (Å²) in [5.74, 6) is 0.190. The number of rotatable bonds is 7. The van der Waals surface area contributed by atoms with E-state index in [9.17, 15) is 9.59 Å². The fraction of sp³-hybridized carbons (Fsp3) is 0.500. The second-order valence-electron chi connectivity index (χ2n) is 8.29. The molecule has 0 aromatic heterocycles. The van der Waals surface area contributed by atoms with E-state index in [0.717, 1.165) is 42.6 Å². The molecule has 1 fully saturated rings. The van der Waals surface area contributed by atoms with E-state index in [0.29, 0.717) is 13.1 Å². The summed E-state index contributed by atoms with van der Waals surface area (Å²) >= 11 is 0. The molecule has 2 aromatic carbocycles. The normalized spacial score (nSPS) is 16.6. The third kappa shape index (κ3) is 5.18. The van der Waals surface area contributed by atoms with Gasteiger partial charge in [-0.05, 0) is 39.1 Å². The first-order valence-corrected chi connectivity index (χ1v) is 11.0. The molecule has 0 aliphatic carbocycles. The summed E-state index contributed by atoms with van der Waals surface area (Å²) in [5.41, 5.74) is 0.969. The maximum absolute atomic E-state index is 13.4. The summed E-state index contributed by atoms with van der Waals surface area (Å²) in [4.78, 5) is 31.7. The van der Waals surface area contributed by atoms with Crippen LogP contribution >= 0.6 is 0 Å². The molecule has 6 nitrogen and oxygen atoms in total. The van der Waals surface area contributed by atoms with Crippen LogP contribution < -0.4 is 10.2 Å². The molecule has 30 heavy (non-hydrogen) atoms. The lowest BCUT2D eigenvalue weighted by atomic mass is 10.1. The van der Waals surface area contributed by atoms with Gasteiger partial charge in [0.05, 0.1) is 18.3 Å². The number of anilines is 1. The van der Waals surface area contributed by atoms with Crippen molar-refractivity contribution in [2.45, 2.75) is 39.8 Å². The number of benzene rings is 2. The predicted molar refractivity (Wildman–Crippen MR) is 123 cm³/mol. The van der Waals surface area contributed by atoms with Crippen LogP contribution in [0.2, 0.25) is 0 Å². The lowest BCUT2D eigenvalue weighted by Gasteiger charge is -2.38. The Bertz CT molecular complexity index is 869. The van der Waals surface area contributed by atoms with Crippen LogP contribution in [0.5, 0.6) is 0 Å². The van der Waals surface area contributed by atoms with Crippen molar-refractivity contribution in [2.75, 3.05) is 44.2 Å². The van der Waals surface area contributed by atoms with Gasteiger partial charge in [-0.1, -0.05) is 36.4 Å². The molecule has 1 heterocycles. The molecule has 0 radical (unpaired) electrons. The number of piperazine rings is 1. The third-order valence-electron chi connectivity index (χ3n) is 5.77. The fourth-order valence-corrected chi connectivity index (χ4v) is 4.15. The molecule has 162 valence electrons. The number of fused-ring (bicyclic) bond motifs is 1. The topological polar surface area (TPSA) is 55.9 Å². The van der Waals surface area contributed by atoms with Crippen molar-refractivity contribution >= 4 is 28.3 Å². The van der Waals surface area contributed by atoms with E-state index in [1.54, 1.807) is 0 Å². The highest BCUT2D eigenvalue weighted by molar-refractivity contribution is 6.05. The molecule has 1 saturated heterocycles. The van der Waals surface area contributed by atoms with Crippen LogP contribution in [-0.2, 0) is 9.59 Å². The number of nitrogens with one attached hydrogen (secondary N) is 1. The van der Waals surface area contributed by atoms with Crippen molar-refractivity contribution < 1.29 is 9.59 Å². The van der Waals surface area contributed by atoms with E-state index in [1.165, 1.54) is 0 Å². The minimum absolute atomic E-state index is 0.0655. The highest BCUT2D eigenvalue weighted by Crippen LogP contribution is 2.27. The van der Waals surface area contributed by atoms with Crippen LogP contribution in [0.25, 0.3) is 10.8 Å². The molecular weight excluding hydrogens is 376 g/mol. The lowest BCUT2D eigenvalue weighted by Crippen LogP contribution is -2.56. The molecule has 3 rings (SSSR count). The first kappa shape index (κ1) is 22.2. The molecule has 2 aromatic rings. The van der Waals surface area contributed by atoms with Crippen molar-refractivity contribution in [1.82, 2.24) is 15.1 Å². The summed E-state index contributed by atoms with van der Waals surface area (Å²) < 4.78 is 0. The van der Waals surface area contributed by atoms with E-state index in [4.69, 9.17) is 0 Å². The quantitative estimate of drug-likeness (QED) is 0.763. The summed E-state index contributed by atoms with van der Waals surface area (Å²) in [7, 11) is 0. The van der Waals surface area contributed by atoms with Crippen LogP contribution in [0.4, 0.5) is 5.69 Å². The van der Waals surface area contributed by atoms with Gasteiger partial charge in [0.2, 0.25) is 11.8 Å². The Morgan fingerprint density at radius 3 is 2.33 bits per heavy atom. The van der Waals surface area contributed by atoms with E-state index in [-0.39, 0.29) is 23.9 Å². The predicted octanol–water partition coefficient (Wildman–Crippen LogP) is 2.72. The number of carbonyl (C=O) groups excluding carboxylic acids is 2. The zero-order valence-corrected chi connectivity index (χ0v) is 18.6. The molecule has 1 aliphatic rings. The molecular formula is C24H34N4O2. The summed E-state index contributed by atoms with van der Waals surface area (Å²) in [5, 5.41) is 5.18. The third-order valence-corrected chi connectivity index (χ3v) is 5.77. The summed E-state index contributed by atoms with van der Waals surface area (Å²) in [6, 6.07) is 14.3. The van der Waals surface area contributed by atoms with Crippen LogP contribution in [0.1, 0.15) is 27.7 Å². The molecule has 0 bridgehead atoms. The van der Waals surface area contributed by atoms with Crippen molar-refractivity contribution in [3.05, 3.63) is 42.5 Å². The monoisotopic (exact) mass is 410 g/mol. The minimum atomic E-state index is -0.199. The smallest absolute Gasteiger partial charge is 0.244 e. The van der Waals surface area contributed by atoms with Gasteiger partial charge in [0.25, 0.3) is 0 Å². The lowest BCUT2D eigenvalue weighted by molar-refractivity contribution is -0.126. The average molecular weight is 411 g/mol. The van der Waals surface area contributed by atoms with Gasteiger partial charge in [0.1, 0.15) is 0 Å². The van der Waals surface area contributed by atoms with Crippen molar-refractivity contribution in [3.63, 3.8) is 0 Å². The van der Waals surface area contributed by atoms with E-state index in [2.05, 4.69) is 33.3 Å². The maximum atomic E-state index is 13.4. The zero-order valence-electron chi connectivity index (χ0n) is 18.6. The van der Waals surface area contributed by atoms with E-state index < -0.39 is 0 Å². The summed E-state index contributed by atoms with van der Waals surface area (Å²) in [6.45, 7) is 12.2. The van der Waals surface area contributed by atoms with Gasteiger partial charge in [-0.15, -0.1) is 0 Å². The van der Waals surface area contributed by atoms with Gasteiger partial charge in [0.15, 0.2) is 0 Å². The molecule has 1 N–H and O–H groups in total. The Hall–Kier alpha value is -2.44. The number of carbonyl (C=O) groups is 2. The van der Waals surface area contributed by atoms with Crippen LogP contribution in [-0.4, -0.2) is 73.0 Å². The number of hydrogen-bond acceptors (Lipinski definition) is 4. The van der Waals surface area contributed by atoms with Gasteiger partial charge in [-0.2, -0.15) is 0 Å². The zero-order chi connectivity index (χ0) is 21.7. The number of likely N-dealkylation sites (N-methyl/N-ethyl adjacent to an activating group) is 1. The van der Waals surface area contributed by atoms with Gasteiger partial charge >= 0.3 is 0 Å². The second-order valence-corrected chi connectivity index (χ2v) is 8.29. The standard InChI is InChI=1S/C24H34N4O2/c1-5-28(22-12-8-10-20-9-6-7-11-21(20)22)24(30)19(4)27-15-13-26(14-16-27)17-23(29)25-18(2)3/h6-12,18-19H,5,13-17H2,1-4H3,(H,25,29)/t19-/m0/s1. The molecule has 1 aliphatic heterocycles. The Morgan fingerprint density at radius 1 is 1.00 bits per heavy atom. The highest BCUT2D eigenvalue weighted by Gasteiger charge is 2.29. The molecule has 0 spiro atoms. The van der Waals surface area contributed by atoms with E-state index >= 15 is 0 Å². The molecule has 2 amide bonds. The largest absolute Gasteiger partial charge is 0.353 e. The second kappa shape index (κ2) is 10.0. The molecule has 1 atom stereocenters. The Balaban J connectivity index is 1.64. The maximum Gasteiger partial charge on any atom is 0.244 e. The number of hydrogen-bond donors (Lipinski definition) is 1. The Labute approximate surface area is 179 Å². The van der Waals surface area contributed by atoms with Crippen LogP contribution in [0.3, 0.4) is 0 Å². The molecule has 6 heteroatoms. The molecule has 0 unspecified atom stereocenters. The van der Waals surface area contributed by atoms with E-state index in [1.807, 2.05) is 56.9 Å². The van der Waals surface area contributed by atoms with Gasteiger partial charge in [0, 0.05) is 44.2 Å². The van der Waals surface area contributed by atoms with Gasteiger partial charge in [-0.25, -0.2) is 0 Å². The number of amides is 2. The Morgan fingerprint density at radius 2 is 1.67 bits per heavy atom. The first-order chi connectivity index (χ1) is 14.4. The Kier molecular flexibility index (Phi) is 7.45. The van der Waals surface area contributed by atoms with Gasteiger partial charge < -0.3 is 10.2 Å². The fourth-order valence-electron chi connectivity index (χ4n) is 4.15. The molecule has 0 saturated carbocycles. The van der Waals surface area contributed by atoms with Crippen LogP contribution in [0.15, 0.2) is 42.5 Å². The first-order valence-electron chi connectivity index (χ1n) is 11.0. The summed E-state index contributed by atoms with van der Waals surface area (Å²) in [6.07, 6.45) is 0. The van der Waals surface area contributed by atoms with Crippen molar-refractivity contribution in [2.24, 2.45) is 0 Å². The highest BCUT2D eigenvalue weighted by atomic mass is 16.2. The van der Waals surface area contributed by atoms with Crippen molar-refractivity contribution in [1.29, 1.82) is 0 Å². The SMILES string of the molecule is CCN(C(=O)[C@H](C)N1CCN(CC(=O)NC(C)C)CC1)c1cccc2ccccc12. The number of nitrogens with zero attached hydrogens (tertiary/aromatic N) is 3. The van der Waals surface area contributed by atoms with Gasteiger partial charge in [-0.3, -0.25) is 19.4 Å².